The van der Waals surface area contributed by atoms with Crippen molar-refractivity contribution in [2.45, 2.75) is 37.8 Å². The maximum Gasteiger partial charge on any atom is 0.108 e. The van der Waals surface area contributed by atoms with Crippen molar-refractivity contribution in [2.24, 2.45) is 0 Å². The standard InChI is InChI=1S/C7H16O5/c1-4(9)6(11)7(12)5(10)2-3-8/h4-12H,2-3H2,1H3. The third-order valence-corrected chi connectivity index (χ3v) is 1.66. The largest absolute Gasteiger partial charge is 0.396 e. The van der Waals surface area contributed by atoms with E-state index in [2.05, 4.69) is 0 Å². The first kappa shape index (κ1) is 11.8. The Bertz CT molecular complexity index is 116. The van der Waals surface area contributed by atoms with Gasteiger partial charge in [-0.05, 0) is 13.3 Å². The first-order chi connectivity index (χ1) is 5.50. The summed E-state index contributed by atoms with van der Waals surface area (Å²) in [5.41, 5.74) is 0. The third-order valence-electron chi connectivity index (χ3n) is 1.66. The monoisotopic (exact) mass is 180 g/mol. The van der Waals surface area contributed by atoms with Crippen LogP contribution in [0.4, 0.5) is 0 Å². The molecule has 0 spiro atoms. The Morgan fingerprint density at radius 3 is 1.83 bits per heavy atom. The molecular formula is C7H16O5. The molecule has 5 N–H and O–H groups in total. The minimum absolute atomic E-state index is 0.0229. The van der Waals surface area contributed by atoms with E-state index in [0.717, 1.165) is 0 Å². The van der Waals surface area contributed by atoms with Gasteiger partial charge in [0.25, 0.3) is 0 Å². The molecule has 0 bridgehead atoms. The minimum Gasteiger partial charge on any atom is -0.396 e. The Labute approximate surface area is 70.9 Å². The molecule has 5 nitrogen and oxygen atoms in total. The van der Waals surface area contributed by atoms with Crippen LogP contribution < -0.4 is 0 Å². The zero-order chi connectivity index (χ0) is 9.72. The summed E-state index contributed by atoms with van der Waals surface area (Å²) >= 11 is 0. The van der Waals surface area contributed by atoms with Gasteiger partial charge >= 0.3 is 0 Å². The first-order valence-electron chi connectivity index (χ1n) is 3.83. The second-order valence-corrected chi connectivity index (χ2v) is 2.80. The molecule has 0 saturated heterocycles. The maximum absolute atomic E-state index is 9.12. The average molecular weight is 180 g/mol. The normalized spacial score (nSPS) is 21.5. The fourth-order valence-corrected chi connectivity index (χ4v) is 0.816. The van der Waals surface area contributed by atoms with Crippen molar-refractivity contribution in [2.75, 3.05) is 6.61 Å². The van der Waals surface area contributed by atoms with Crippen molar-refractivity contribution >= 4 is 0 Å². The molecule has 0 radical (unpaired) electrons. The van der Waals surface area contributed by atoms with Gasteiger partial charge in [-0.1, -0.05) is 0 Å². The molecule has 0 aromatic heterocycles. The molecule has 0 amide bonds. The van der Waals surface area contributed by atoms with Gasteiger partial charge in [0, 0.05) is 6.61 Å². The Balaban J connectivity index is 3.90. The molecule has 0 aromatic carbocycles. The summed E-state index contributed by atoms with van der Waals surface area (Å²) in [5, 5.41) is 44.4. The predicted octanol–water partition coefficient (Wildman–Crippen LogP) is -2.17. The van der Waals surface area contributed by atoms with E-state index in [1.54, 1.807) is 0 Å². The third kappa shape index (κ3) is 3.46. The molecule has 74 valence electrons. The number of rotatable bonds is 5. The average Bonchev–Trinajstić information content (AvgIpc) is 2.02. The van der Waals surface area contributed by atoms with Gasteiger partial charge in [-0.3, -0.25) is 0 Å². The zero-order valence-corrected chi connectivity index (χ0v) is 6.96. The summed E-state index contributed by atoms with van der Waals surface area (Å²) in [5.74, 6) is 0. The van der Waals surface area contributed by atoms with Crippen LogP contribution in [0.1, 0.15) is 13.3 Å². The van der Waals surface area contributed by atoms with Crippen molar-refractivity contribution in [3.63, 3.8) is 0 Å². The minimum atomic E-state index is -1.42. The summed E-state index contributed by atoms with van der Waals surface area (Å²) in [4.78, 5) is 0. The highest BCUT2D eigenvalue weighted by molar-refractivity contribution is 4.78. The smallest absolute Gasteiger partial charge is 0.108 e. The van der Waals surface area contributed by atoms with Gasteiger partial charge in [-0.15, -0.1) is 0 Å². The molecule has 0 aliphatic heterocycles. The van der Waals surface area contributed by atoms with Crippen molar-refractivity contribution < 1.29 is 25.5 Å². The topological polar surface area (TPSA) is 101 Å². The van der Waals surface area contributed by atoms with Crippen LogP contribution in [0, 0.1) is 0 Å². The molecule has 12 heavy (non-hydrogen) atoms. The van der Waals surface area contributed by atoms with E-state index >= 15 is 0 Å². The van der Waals surface area contributed by atoms with Gasteiger partial charge in [-0.25, -0.2) is 0 Å². The van der Waals surface area contributed by atoms with Crippen molar-refractivity contribution in [1.82, 2.24) is 0 Å². The second kappa shape index (κ2) is 5.45. The van der Waals surface area contributed by atoms with Gasteiger partial charge in [0.1, 0.15) is 12.2 Å². The van der Waals surface area contributed by atoms with Crippen LogP contribution in [-0.2, 0) is 0 Å². The highest BCUT2D eigenvalue weighted by Crippen LogP contribution is 2.06. The highest BCUT2D eigenvalue weighted by atomic mass is 16.4. The van der Waals surface area contributed by atoms with Crippen LogP contribution in [0.5, 0.6) is 0 Å². The molecular weight excluding hydrogens is 164 g/mol. The second-order valence-electron chi connectivity index (χ2n) is 2.80. The number of aliphatic hydroxyl groups is 5. The lowest BCUT2D eigenvalue weighted by molar-refractivity contribution is -0.104. The van der Waals surface area contributed by atoms with Crippen molar-refractivity contribution in [3.05, 3.63) is 0 Å². The Kier molecular flexibility index (Phi) is 5.36. The van der Waals surface area contributed by atoms with E-state index in [0.29, 0.717) is 0 Å². The molecule has 0 aromatic rings. The van der Waals surface area contributed by atoms with Crippen LogP contribution in [0.3, 0.4) is 0 Å². The quantitative estimate of drug-likeness (QED) is 0.331. The summed E-state index contributed by atoms with van der Waals surface area (Å²) in [6.07, 6.45) is -5.14. The number of hydrogen-bond acceptors (Lipinski definition) is 5. The SMILES string of the molecule is CC(O)C(O)C(O)C(O)CCO. The lowest BCUT2D eigenvalue weighted by Gasteiger charge is -2.24. The van der Waals surface area contributed by atoms with E-state index in [1.807, 2.05) is 0 Å². The van der Waals surface area contributed by atoms with Gasteiger partial charge in [0.2, 0.25) is 0 Å². The number of hydrogen-bond donors (Lipinski definition) is 5. The zero-order valence-electron chi connectivity index (χ0n) is 6.96. The molecule has 0 heterocycles. The van der Waals surface area contributed by atoms with Gasteiger partial charge in [0.05, 0.1) is 12.2 Å². The van der Waals surface area contributed by atoms with Gasteiger partial charge in [0.15, 0.2) is 0 Å². The van der Waals surface area contributed by atoms with E-state index in [9.17, 15) is 0 Å². The molecule has 0 aliphatic rings. The predicted molar refractivity (Wildman–Crippen MR) is 41.4 cm³/mol. The summed E-state index contributed by atoms with van der Waals surface area (Å²) in [6.45, 7) is 1.03. The molecule has 0 saturated carbocycles. The molecule has 4 atom stereocenters. The highest BCUT2D eigenvalue weighted by Gasteiger charge is 2.27. The van der Waals surface area contributed by atoms with Crippen LogP contribution >= 0.6 is 0 Å². The van der Waals surface area contributed by atoms with Crippen LogP contribution in [0.2, 0.25) is 0 Å². The van der Waals surface area contributed by atoms with Crippen molar-refractivity contribution in [3.8, 4) is 0 Å². The summed E-state index contributed by atoms with van der Waals surface area (Å²) < 4.78 is 0. The summed E-state index contributed by atoms with van der Waals surface area (Å²) in [6, 6.07) is 0. The fourth-order valence-electron chi connectivity index (χ4n) is 0.816. The maximum atomic E-state index is 9.12. The van der Waals surface area contributed by atoms with E-state index in [4.69, 9.17) is 25.5 Å². The van der Waals surface area contributed by atoms with E-state index in [1.165, 1.54) is 6.92 Å². The molecule has 4 unspecified atom stereocenters. The van der Waals surface area contributed by atoms with Crippen LogP contribution in [0.15, 0.2) is 0 Å². The Hall–Kier alpha value is -0.200. The van der Waals surface area contributed by atoms with Gasteiger partial charge < -0.3 is 25.5 Å². The van der Waals surface area contributed by atoms with Gasteiger partial charge in [-0.2, -0.15) is 0 Å². The first-order valence-corrected chi connectivity index (χ1v) is 3.83. The van der Waals surface area contributed by atoms with Crippen LogP contribution in [0.25, 0.3) is 0 Å². The Morgan fingerprint density at radius 1 is 1.00 bits per heavy atom. The molecule has 5 heteroatoms. The molecule has 0 aliphatic carbocycles. The lowest BCUT2D eigenvalue weighted by atomic mass is 10.0. The van der Waals surface area contributed by atoms with Crippen LogP contribution in [-0.4, -0.2) is 56.6 Å². The summed E-state index contributed by atoms with van der Waals surface area (Å²) in [7, 11) is 0. The van der Waals surface area contributed by atoms with E-state index < -0.39 is 24.4 Å². The van der Waals surface area contributed by atoms with E-state index in [-0.39, 0.29) is 13.0 Å². The van der Waals surface area contributed by atoms with Crippen molar-refractivity contribution in [1.29, 1.82) is 0 Å². The fraction of sp³-hybridized carbons (Fsp3) is 1.00. The number of aliphatic hydroxyl groups excluding tert-OH is 5. The Morgan fingerprint density at radius 2 is 1.50 bits per heavy atom. The molecule has 0 fully saturated rings. The lowest BCUT2D eigenvalue weighted by Crippen LogP contribution is -2.43. The molecule has 0 rings (SSSR count).